The Bertz CT molecular complexity index is 772. The quantitative estimate of drug-likeness (QED) is 0.732. The van der Waals surface area contributed by atoms with Crippen molar-refractivity contribution in [1.82, 2.24) is 15.0 Å². The fourth-order valence-electron chi connectivity index (χ4n) is 4.54. The smallest absolute Gasteiger partial charge is 0.226 e. The largest absolute Gasteiger partial charge is 0.339 e. The highest BCUT2D eigenvalue weighted by Crippen LogP contribution is 2.35. The van der Waals surface area contributed by atoms with E-state index in [1.807, 2.05) is 24.3 Å². The van der Waals surface area contributed by atoms with Gasteiger partial charge in [0.15, 0.2) is 0 Å². The van der Waals surface area contributed by atoms with Gasteiger partial charge in [0.1, 0.15) is 0 Å². The number of aryl methyl sites for hydroxylation is 1. The number of hydrogen-bond donors (Lipinski definition) is 0. The van der Waals surface area contributed by atoms with Crippen molar-refractivity contribution in [1.29, 1.82) is 0 Å². The summed E-state index contributed by atoms with van der Waals surface area (Å²) >= 11 is 5.91. The van der Waals surface area contributed by atoms with Crippen molar-refractivity contribution in [2.45, 2.75) is 63.8 Å². The van der Waals surface area contributed by atoms with Gasteiger partial charge in [0.25, 0.3) is 0 Å². The van der Waals surface area contributed by atoms with Gasteiger partial charge in [-0.15, -0.1) is 0 Å². The monoisotopic (exact) mass is 387 g/mol. The predicted octanol–water partition coefficient (Wildman–Crippen LogP) is 4.89. The molecule has 6 heteroatoms. The van der Waals surface area contributed by atoms with Gasteiger partial charge < -0.3 is 9.42 Å². The Morgan fingerprint density at radius 3 is 2.78 bits per heavy atom. The third kappa shape index (κ3) is 4.34. The molecular weight excluding hydrogens is 362 g/mol. The second-order valence-corrected chi connectivity index (χ2v) is 8.15. The lowest BCUT2D eigenvalue weighted by atomic mass is 9.78. The van der Waals surface area contributed by atoms with Gasteiger partial charge in [-0.2, -0.15) is 4.98 Å². The molecule has 1 aromatic heterocycles. The minimum Gasteiger partial charge on any atom is -0.339 e. The van der Waals surface area contributed by atoms with Gasteiger partial charge in [0, 0.05) is 36.0 Å². The van der Waals surface area contributed by atoms with Gasteiger partial charge in [-0.1, -0.05) is 29.6 Å². The molecule has 5 nitrogen and oxygen atoms in total. The van der Waals surface area contributed by atoms with E-state index in [9.17, 15) is 4.79 Å². The van der Waals surface area contributed by atoms with Gasteiger partial charge in [0.2, 0.25) is 17.6 Å². The Hall–Kier alpha value is -1.88. The molecule has 0 N–H and O–H groups in total. The SMILES string of the molecule is O=C(CCCc1nc(-c2ccc(Cl)cc2)no1)N1CCC[C@@H]2CCCC[C@@H]21. The zero-order valence-corrected chi connectivity index (χ0v) is 16.3. The molecule has 2 atom stereocenters. The van der Waals surface area contributed by atoms with E-state index >= 15 is 0 Å². The van der Waals surface area contributed by atoms with Crippen LogP contribution in [0.1, 0.15) is 57.3 Å². The molecule has 0 radical (unpaired) electrons. The van der Waals surface area contributed by atoms with E-state index in [1.54, 1.807) is 0 Å². The summed E-state index contributed by atoms with van der Waals surface area (Å²) in [5.74, 6) is 2.18. The van der Waals surface area contributed by atoms with Gasteiger partial charge in [-0.3, -0.25) is 4.79 Å². The van der Waals surface area contributed by atoms with Crippen molar-refractivity contribution in [3.05, 3.63) is 35.2 Å². The standard InChI is InChI=1S/C21H26ClN3O2/c22-17-12-10-16(11-13-17)21-23-19(27-24-21)8-3-9-20(26)25-14-4-6-15-5-1-2-7-18(15)25/h10-13,15,18H,1-9,14H2/t15-,18-/m0/s1. The highest BCUT2D eigenvalue weighted by molar-refractivity contribution is 6.30. The third-order valence-electron chi connectivity index (χ3n) is 5.92. The first-order valence-corrected chi connectivity index (χ1v) is 10.5. The molecule has 2 aromatic rings. The van der Waals surface area contributed by atoms with Crippen LogP contribution in [0.2, 0.25) is 5.02 Å². The molecule has 0 unspecified atom stereocenters. The lowest BCUT2D eigenvalue weighted by molar-refractivity contribution is -0.137. The highest BCUT2D eigenvalue weighted by Gasteiger charge is 2.35. The second kappa shape index (κ2) is 8.42. The number of nitrogens with zero attached hydrogens (tertiary/aromatic N) is 3. The molecule has 1 aliphatic heterocycles. The van der Waals surface area contributed by atoms with E-state index in [4.69, 9.17) is 16.1 Å². The van der Waals surface area contributed by atoms with E-state index in [0.29, 0.717) is 41.5 Å². The average molecular weight is 388 g/mol. The normalized spacial score (nSPS) is 22.5. The van der Waals surface area contributed by atoms with Crippen molar-refractivity contribution < 1.29 is 9.32 Å². The highest BCUT2D eigenvalue weighted by atomic mass is 35.5. The Kier molecular flexibility index (Phi) is 5.77. The molecule has 2 aliphatic rings. The Morgan fingerprint density at radius 2 is 1.93 bits per heavy atom. The number of halogens is 1. The Balaban J connectivity index is 1.29. The molecule has 2 heterocycles. The molecule has 1 amide bonds. The topological polar surface area (TPSA) is 59.2 Å². The summed E-state index contributed by atoms with van der Waals surface area (Å²) in [6.45, 7) is 0.932. The van der Waals surface area contributed by atoms with Crippen LogP contribution in [0.15, 0.2) is 28.8 Å². The van der Waals surface area contributed by atoms with Gasteiger partial charge in [0.05, 0.1) is 0 Å². The molecule has 1 saturated carbocycles. The van der Waals surface area contributed by atoms with Gasteiger partial charge in [-0.25, -0.2) is 0 Å². The Morgan fingerprint density at radius 1 is 1.15 bits per heavy atom. The Labute approximate surface area is 165 Å². The number of carbonyl (C=O) groups is 1. The molecule has 144 valence electrons. The average Bonchev–Trinajstić information content (AvgIpc) is 3.17. The molecule has 0 spiro atoms. The van der Waals surface area contributed by atoms with Crippen LogP contribution in [0.3, 0.4) is 0 Å². The van der Waals surface area contributed by atoms with Crippen LogP contribution in [0.5, 0.6) is 0 Å². The van der Waals surface area contributed by atoms with Crippen LogP contribution in [0, 0.1) is 5.92 Å². The first-order valence-electron chi connectivity index (χ1n) is 10.1. The number of piperidine rings is 1. The van der Waals surface area contributed by atoms with Crippen LogP contribution in [-0.4, -0.2) is 33.5 Å². The lowest BCUT2D eigenvalue weighted by Gasteiger charge is -2.44. The van der Waals surface area contributed by atoms with Crippen molar-refractivity contribution in [3.8, 4) is 11.4 Å². The van der Waals surface area contributed by atoms with E-state index in [2.05, 4.69) is 15.0 Å². The molecule has 1 aromatic carbocycles. The molecule has 2 fully saturated rings. The lowest BCUT2D eigenvalue weighted by Crippen LogP contribution is -2.49. The minimum atomic E-state index is 0.295. The number of carbonyl (C=O) groups excluding carboxylic acids is 1. The first kappa shape index (κ1) is 18.5. The van der Waals surface area contributed by atoms with Gasteiger partial charge >= 0.3 is 0 Å². The maximum Gasteiger partial charge on any atom is 0.226 e. The number of aromatic nitrogens is 2. The van der Waals surface area contributed by atoms with E-state index in [1.165, 1.54) is 32.1 Å². The number of amides is 1. The van der Waals surface area contributed by atoms with E-state index < -0.39 is 0 Å². The molecular formula is C21H26ClN3O2. The summed E-state index contributed by atoms with van der Waals surface area (Å²) in [6, 6.07) is 7.85. The number of likely N-dealkylation sites (tertiary alicyclic amines) is 1. The van der Waals surface area contributed by atoms with Crippen LogP contribution >= 0.6 is 11.6 Å². The van der Waals surface area contributed by atoms with Crippen molar-refractivity contribution in [3.63, 3.8) is 0 Å². The number of fused-ring (bicyclic) bond motifs is 1. The van der Waals surface area contributed by atoms with Crippen molar-refractivity contribution in [2.24, 2.45) is 5.92 Å². The first-order chi connectivity index (χ1) is 13.2. The second-order valence-electron chi connectivity index (χ2n) is 7.71. The summed E-state index contributed by atoms with van der Waals surface area (Å²) in [6.07, 6.45) is 9.46. The van der Waals surface area contributed by atoms with E-state index in [-0.39, 0.29) is 0 Å². The fourth-order valence-corrected chi connectivity index (χ4v) is 4.67. The summed E-state index contributed by atoms with van der Waals surface area (Å²) in [4.78, 5) is 19.4. The molecule has 4 rings (SSSR count). The fraction of sp³-hybridized carbons (Fsp3) is 0.571. The van der Waals surface area contributed by atoms with Crippen LogP contribution < -0.4 is 0 Å². The van der Waals surface area contributed by atoms with Crippen molar-refractivity contribution in [2.75, 3.05) is 6.54 Å². The molecule has 1 aliphatic carbocycles. The van der Waals surface area contributed by atoms with Crippen LogP contribution in [0.4, 0.5) is 0 Å². The summed E-state index contributed by atoms with van der Waals surface area (Å²) in [5.41, 5.74) is 0.877. The zero-order valence-electron chi connectivity index (χ0n) is 15.6. The molecule has 1 saturated heterocycles. The maximum atomic E-state index is 12.7. The van der Waals surface area contributed by atoms with E-state index in [0.717, 1.165) is 30.9 Å². The zero-order chi connectivity index (χ0) is 18.6. The van der Waals surface area contributed by atoms with Crippen molar-refractivity contribution >= 4 is 17.5 Å². The van der Waals surface area contributed by atoms with Crippen LogP contribution in [0.25, 0.3) is 11.4 Å². The number of hydrogen-bond acceptors (Lipinski definition) is 4. The molecule has 0 bridgehead atoms. The van der Waals surface area contributed by atoms with Crippen LogP contribution in [-0.2, 0) is 11.2 Å². The third-order valence-corrected chi connectivity index (χ3v) is 6.17. The summed E-state index contributed by atoms with van der Waals surface area (Å²) < 4.78 is 5.34. The number of benzene rings is 1. The summed E-state index contributed by atoms with van der Waals surface area (Å²) in [5, 5.41) is 4.71. The minimum absolute atomic E-state index is 0.295. The summed E-state index contributed by atoms with van der Waals surface area (Å²) in [7, 11) is 0. The van der Waals surface area contributed by atoms with Gasteiger partial charge in [-0.05, 0) is 62.3 Å². The number of rotatable bonds is 5. The predicted molar refractivity (Wildman–Crippen MR) is 104 cm³/mol. The maximum absolute atomic E-state index is 12.7. The molecule has 27 heavy (non-hydrogen) atoms.